The van der Waals surface area contributed by atoms with E-state index in [-0.39, 0.29) is 12.5 Å². The maximum absolute atomic E-state index is 13.7. The smallest absolute Gasteiger partial charge is 0.162 e. The van der Waals surface area contributed by atoms with E-state index in [1.807, 2.05) is 24.3 Å². The molecule has 0 aromatic heterocycles. The third-order valence-corrected chi connectivity index (χ3v) is 4.04. The Bertz CT molecular complexity index is 586. The van der Waals surface area contributed by atoms with Crippen LogP contribution < -0.4 is 0 Å². The molecule has 0 aliphatic heterocycles. The van der Waals surface area contributed by atoms with Gasteiger partial charge in [0.25, 0.3) is 0 Å². The number of hydrogen-bond donors (Lipinski definition) is 1. The highest BCUT2D eigenvalue weighted by Crippen LogP contribution is 2.23. The summed E-state index contributed by atoms with van der Waals surface area (Å²) in [6.07, 6.45) is 0.912. The lowest BCUT2D eigenvalue weighted by Gasteiger charge is -2.16. The molecule has 0 amide bonds. The molecule has 4 heteroatoms. The molecule has 2 aromatic carbocycles. The van der Waals surface area contributed by atoms with Gasteiger partial charge in [-0.15, -0.1) is 0 Å². The van der Waals surface area contributed by atoms with E-state index in [0.717, 1.165) is 16.1 Å². The lowest BCUT2D eigenvalue weighted by atomic mass is 9.93. The van der Waals surface area contributed by atoms with E-state index >= 15 is 0 Å². The molecular weight excluding hydrogens is 326 g/mol. The van der Waals surface area contributed by atoms with Gasteiger partial charge in [0.1, 0.15) is 0 Å². The molecule has 1 N–H and O–H groups in total. The van der Waals surface area contributed by atoms with Gasteiger partial charge >= 0.3 is 0 Å². The van der Waals surface area contributed by atoms with E-state index in [1.54, 1.807) is 6.07 Å². The first-order valence-corrected chi connectivity index (χ1v) is 7.18. The van der Waals surface area contributed by atoms with Crippen LogP contribution >= 0.6 is 15.9 Å². The molecule has 0 saturated carbocycles. The zero-order valence-electron chi connectivity index (χ0n) is 10.8. The topological polar surface area (TPSA) is 20.2 Å². The number of halogens is 3. The molecule has 0 saturated heterocycles. The number of hydrogen-bond acceptors (Lipinski definition) is 1. The third-order valence-electron chi connectivity index (χ3n) is 3.26. The van der Waals surface area contributed by atoms with Crippen molar-refractivity contribution in [3.63, 3.8) is 0 Å². The number of aliphatic hydroxyl groups is 1. The van der Waals surface area contributed by atoms with Gasteiger partial charge in [-0.2, -0.15) is 0 Å². The minimum atomic E-state index is -0.847. The molecule has 0 aliphatic carbocycles. The molecule has 0 fully saturated rings. The van der Waals surface area contributed by atoms with E-state index in [4.69, 9.17) is 0 Å². The van der Waals surface area contributed by atoms with Crippen LogP contribution in [-0.2, 0) is 12.8 Å². The number of benzene rings is 2. The molecule has 0 radical (unpaired) electrons. The van der Waals surface area contributed by atoms with Crippen LogP contribution in [0.15, 0.2) is 46.9 Å². The first-order valence-electron chi connectivity index (χ1n) is 6.39. The van der Waals surface area contributed by atoms with Gasteiger partial charge in [0.05, 0.1) is 0 Å². The van der Waals surface area contributed by atoms with Crippen molar-refractivity contribution in [2.75, 3.05) is 6.61 Å². The van der Waals surface area contributed by atoms with E-state index in [0.29, 0.717) is 18.4 Å². The zero-order valence-corrected chi connectivity index (χ0v) is 12.4. The minimum absolute atomic E-state index is 0.0721. The van der Waals surface area contributed by atoms with Crippen molar-refractivity contribution < 1.29 is 13.9 Å². The summed E-state index contributed by atoms with van der Waals surface area (Å²) in [5.41, 5.74) is 1.35. The van der Waals surface area contributed by atoms with Gasteiger partial charge in [-0.25, -0.2) is 8.78 Å². The lowest BCUT2D eigenvalue weighted by Crippen LogP contribution is -2.14. The molecule has 1 unspecified atom stereocenters. The zero-order chi connectivity index (χ0) is 14.5. The van der Waals surface area contributed by atoms with Gasteiger partial charge in [0, 0.05) is 11.1 Å². The highest BCUT2D eigenvalue weighted by Gasteiger charge is 2.15. The van der Waals surface area contributed by atoms with Gasteiger partial charge in [-0.3, -0.25) is 0 Å². The first kappa shape index (κ1) is 15.1. The summed E-state index contributed by atoms with van der Waals surface area (Å²) < 4.78 is 27.8. The SMILES string of the molecule is OCC(Cc1ccccc1Br)Cc1cccc(F)c1F. The fraction of sp³-hybridized carbons (Fsp3) is 0.250. The third kappa shape index (κ3) is 3.64. The van der Waals surface area contributed by atoms with Crippen molar-refractivity contribution >= 4 is 15.9 Å². The van der Waals surface area contributed by atoms with Crippen molar-refractivity contribution in [1.29, 1.82) is 0 Å². The standard InChI is InChI=1S/C16H15BrF2O/c17-14-6-2-1-4-12(14)8-11(10-20)9-13-5-3-7-15(18)16(13)19/h1-7,11,20H,8-10H2. The van der Waals surface area contributed by atoms with Crippen LogP contribution in [-0.4, -0.2) is 11.7 Å². The molecule has 106 valence electrons. The van der Waals surface area contributed by atoms with Crippen molar-refractivity contribution in [3.8, 4) is 0 Å². The summed E-state index contributed by atoms with van der Waals surface area (Å²) in [7, 11) is 0. The summed E-state index contributed by atoms with van der Waals surface area (Å²) in [6, 6.07) is 11.8. The van der Waals surface area contributed by atoms with Crippen molar-refractivity contribution in [3.05, 3.63) is 69.7 Å². The molecule has 2 rings (SSSR count). The van der Waals surface area contributed by atoms with Crippen molar-refractivity contribution in [2.24, 2.45) is 5.92 Å². The van der Waals surface area contributed by atoms with Gasteiger partial charge in [-0.05, 0) is 42.0 Å². The Hall–Kier alpha value is -1.26. The Kier molecular flexibility index (Phi) is 5.26. The van der Waals surface area contributed by atoms with Crippen molar-refractivity contribution in [1.82, 2.24) is 0 Å². The van der Waals surface area contributed by atoms with Gasteiger partial charge in [0.2, 0.25) is 0 Å². The van der Waals surface area contributed by atoms with Crippen molar-refractivity contribution in [2.45, 2.75) is 12.8 Å². The van der Waals surface area contributed by atoms with Gasteiger partial charge in [-0.1, -0.05) is 46.3 Å². The fourth-order valence-corrected chi connectivity index (χ4v) is 2.64. The van der Waals surface area contributed by atoms with E-state index in [9.17, 15) is 13.9 Å². The number of rotatable bonds is 5. The van der Waals surface area contributed by atoms with E-state index < -0.39 is 11.6 Å². The van der Waals surface area contributed by atoms with Crippen LogP contribution in [0, 0.1) is 17.6 Å². The van der Waals surface area contributed by atoms with Crippen LogP contribution in [0.25, 0.3) is 0 Å². The van der Waals surface area contributed by atoms with Gasteiger partial charge in [0.15, 0.2) is 11.6 Å². The largest absolute Gasteiger partial charge is 0.396 e. The first-order chi connectivity index (χ1) is 9.61. The summed E-state index contributed by atoms with van der Waals surface area (Å²) >= 11 is 3.45. The summed E-state index contributed by atoms with van der Waals surface area (Å²) in [5, 5.41) is 9.47. The Morgan fingerprint density at radius 1 is 0.950 bits per heavy atom. The van der Waals surface area contributed by atoms with E-state index in [2.05, 4.69) is 15.9 Å². The molecule has 1 nitrogen and oxygen atoms in total. The van der Waals surface area contributed by atoms with Crippen LogP contribution in [0.4, 0.5) is 8.78 Å². The Morgan fingerprint density at radius 2 is 1.60 bits per heavy atom. The molecule has 20 heavy (non-hydrogen) atoms. The quantitative estimate of drug-likeness (QED) is 0.867. The normalized spacial score (nSPS) is 12.4. The summed E-state index contributed by atoms with van der Waals surface area (Å²) in [4.78, 5) is 0. The molecule has 0 aliphatic rings. The molecule has 0 bridgehead atoms. The average Bonchev–Trinajstić information content (AvgIpc) is 2.45. The maximum atomic E-state index is 13.7. The Morgan fingerprint density at radius 3 is 2.30 bits per heavy atom. The van der Waals surface area contributed by atoms with E-state index in [1.165, 1.54) is 6.07 Å². The summed E-state index contributed by atoms with van der Waals surface area (Å²) in [6.45, 7) is -0.0721. The monoisotopic (exact) mass is 340 g/mol. The molecule has 1 atom stereocenters. The van der Waals surface area contributed by atoms with Crippen LogP contribution in [0.1, 0.15) is 11.1 Å². The Balaban J connectivity index is 2.14. The Labute approximate surface area is 125 Å². The molecule has 0 heterocycles. The second-order valence-corrected chi connectivity index (χ2v) is 5.62. The lowest BCUT2D eigenvalue weighted by molar-refractivity contribution is 0.223. The molecule has 2 aromatic rings. The van der Waals surface area contributed by atoms with Gasteiger partial charge < -0.3 is 5.11 Å². The second kappa shape index (κ2) is 6.95. The van der Waals surface area contributed by atoms with Crippen LogP contribution in [0.3, 0.4) is 0 Å². The highest BCUT2D eigenvalue weighted by atomic mass is 79.9. The fourth-order valence-electron chi connectivity index (χ4n) is 2.19. The average molecular weight is 341 g/mol. The minimum Gasteiger partial charge on any atom is -0.396 e. The predicted molar refractivity (Wildman–Crippen MR) is 78.5 cm³/mol. The molecule has 0 spiro atoms. The van der Waals surface area contributed by atoms with Crippen LogP contribution in [0.5, 0.6) is 0 Å². The maximum Gasteiger partial charge on any atom is 0.162 e. The predicted octanol–water partition coefficient (Wildman–Crippen LogP) is 4.12. The molecular formula is C16H15BrF2O. The second-order valence-electron chi connectivity index (χ2n) is 4.76. The summed E-state index contributed by atoms with van der Waals surface area (Å²) in [5.74, 6) is -1.82. The van der Waals surface area contributed by atoms with Crippen LogP contribution in [0.2, 0.25) is 0 Å². The number of aliphatic hydroxyl groups excluding tert-OH is 1. The highest BCUT2D eigenvalue weighted by molar-refractivity contribution is 9.10.